The Hall–Kier alpha value is -2.82. The molecule has 2 aromatic carbocycles. The van der Waals surface area contributed by atoms with Crippen LogP contribution < -0.4 is 9.47 Å². The number of benzene rings is 2. The zero-order valence-corrected chi connectivity index (χ0v) is 12.7. The minimum absolute atomic E-state index is 0.160. The maximum Gasteiger partial charge on any atom is 0.246 e. The minimum Gasteiger partial charge on any atom is -0.454 e. The first-order chi connectivity index (χ1) is 11.1. The van der Waals surface area contributed by atoms with E-state index in [1.54, 1.807) is 25.3 Å². The van der Waals surface area contributed by atoms with Crippen LogP contribution in [-0.4, -0.2) is 24.6 Å². The zero-order chi connectivity index (χ0) is 16.2. The molecule has 0 N–H and O–H groups in total. The van der Waals surface area contributed by atoms with E-state index < -0.39 is 0 Å². The van der Waals surface area contributed by atoms with E-state index in [0.29, 0.717) is 18.0 Å². The summed E-state index contributed by atoms with van der Waals surface area (Å²) in [6, 6.07) is 11.7. The number of ether oxygens (including phenoxy) is 2. The van der Waals surface area contributed by atoms with Gasteiger partial charge in [-0.25, -0.2) is 4.39 Å². The molecule has 1 aliphatic heterocycles. The van der Waals surface area contributed by atoms with Crippen LogP contribution in [0.15, 0.2) is 48.5 Å². The van der Waals surface area contributed by atoms with Gasteiger partial charge in [-0.15, -0.1) is 0 Å². The van der Waals surface area contributed by atoms with Crippen molar-refractivity contribution in [2.75, 3.05) is 13.8 Å². The molecule has 23 heavy (non-hydrogen) atoms. The van der Waals surface area contributed by atoms with Gasteiger partial charge in [-0.2, -0.15) is 0 Å². The summed E-state index contributed by atoms with van der Waals surface area (Å²) in [5.41, 5.74) is 1.60. The van der Waals surface area contributed by atoms with Gasteiger partial charge in [-0.1, -0.05) is 18.2 Å². The lowest BCUT2D eigenvalue weighted by Gasteiger charge is -2.15. The quantitative estimate of drug-likeness (QED) is 0.814. The average molecular weight is 313 g/mol. The predicted molar refractivity (Wildman–Crippen MR) is 84.5 cm³/mol. The molecular formula is C18H16FNO3. The fraction of sp³-hybridized carbons (Fsp3) is 0.167. The van der Waals surface area contributed by atoms with Crippen LogP contribution in [0.1, 0.15) is 11.1 Å². The highest BCUT2D eigenvalue weighted by molar-refractivity contribution is 5.91. The van der Waals surface area contributed by atoms with Crippen LogP contribution in [0.25, 0.3) is 6.08 Å². The van der Waals surface area contributed by atoms with E-state index in [-0.39, 0.29) is 18.5 Å². The number of amides is 1. The number of carbonyl (C=O) groups is 1. The second-order valence-electron chi connectivity index (χ2n) is 5.27. The van der Waals surface area contributed by atoms with E-state index in [1.165, 1.54) is 23.1 Å². The summed E-state index contributed by atoms with van der Waals surface area (Å²) in [5.74, 6) is 0.913. The number of halogens is 1. The number of nitrogens with zero attached hydrogens (tertiary/aromatic N) is 1. The Morgan fingerprint density at radius 1 is 1.22 bits per heavy atom. The number of hydrogen-bond acceptors (Lipinski definition) is 3. The summed E-state index contributed by atoms with van der Waals surface area (Å²) < 4.78 is 23.7. The summed E-state index contributed by atoms with van der Waals surface area (Å²) in [6.45, 7) is 0.569. The Kier molecular flexibility index (Phi) is 4.28. The lowest BCUT2D eigenvalue weighted by Crippen LogP contribution is -2.24. The molecule has 2 aromatic rings. The van der Waals surface area contributed by atoms with Gasteiger partial charge in [-0.3, -0.25) is 4.79 Å². The molecular weight excluding hydrogens is 297 g/mol. The van der Waals surface area contributed by atoms with E-state index in [2.05, 4.69) is 0 Å². The molecule has 0 saturated carbocycles. The first-order valence-electron chi connectivity index (χ1n) is 7.19. The Morgan fingerprint density at radius 3 is 2.87 bits per heavy atom. The summed E-state index contributed by atoms with van der Waals surface area (Å²) in [4.78, 5) is 13.7. The first-order valence-corrected chi connectivity index (χ1v) is 7.19. The Labute approximate surface area is 133 Å². The van der Waals surface area contributed by atoms with Crippen molar-refractivity contribution in [1.29, 1.82) is 0 Å². The van der Waals surface area contributed by atoms with Crippen LogP contribution in [0.4, 0.5) is 4.39 Å². The van der Waals surface area contributed by atoms with E-state index in [4.69, 9.17) is 9.47 Å². The van der Waals surface area contributed by atoms with E-state index in [9.17, 15) is 9.18 Å². The minimum atomic E-state index is -0.306. The van der Waals surface area contributed by atoms with E-state index in [0.717, 1.165) is 11.1 Å². The van der Waals surface area contributed by atoms with Crippen molar-refractivity contribution in [2.45, 2.75) is 6.54 Å². The molecule has 0 spiro atoms. The molecule has 118 valence electrons. The summed E-state index contributed by atoms with van der Waals surface area (Å²) in [6.07, 6.45) is 3.20. The van der Waals surface area contributed by atoms with Crippen molar-refractivity contribution in [3.05, 3.63) is 65.5 Å². The molecule has 5 heteroatoms. The maximum atomic E-state index is 13.2. The van der Waals surface area contributed by atoms with Gasteiger partial charge in [-0.05, 0) is 41.5 Å². The van der Waals surface area contributed by atoms with Gasteiger partial charge >= 0.3 is 0 Å². The molecule has 0 unspecified atom stereocenters. The zero-order valence-electron chi connectivity index (χ0n) is 12.7. The highest BCUT2D eigenvalue weighted by Crippen LogP contribution is 2.32. The number of rotatable bonds is 4. The molecule has 1 aliphatic rings. The van der Waals surface area contributed by atoms with Crippen LogP contribution >= 0.6 is 0 Å². The molecule has 0 atom stereocenters. The third-order valence-corrected chi connectivity index (χ3v) is 3.50. The van der Waals surface area contributed by atoms with Gasteiger partial charge in [0.25, 0.3) is 0 Å². The second kappa shape index (κ2) is 6.52. The summed E-state index contributed by atoms with van der Waals surface area (Å²) >= 11 is 0. The standard InChI is InChI=1S/C18H16FNO3/c1-20(11-14-3-2-4-15(19)9-14)18(21)8-6-13-5-7-16-17(10-13)23-12-22-16/h2-10H,11-12H2,1H3/b8-6+. The van der Waals surface area contributed by atoms with Crippen molar-refractivity contribution in [3.8, 4) is 11.5 Å². The smallest absolute Gasteiger partial charge is 0.246 e. The fourth-order valence-electron chi connectivity index (χ4n) is 2.30. The maximum absolute atomic E-state index is 13.2. The van der Waals surface area contributed by atoms with Crippen molar-refractivity contribution in [1.82, 2.24) is 4.90 Å². The average Bonchev–Trinajstić information content (AvgIpc) is 3.00. The number of fused-ring (bicyclic) bond motifs is 1. The SMILES string of the molecule is CN(Cc1cccc(F)c1)C(=O)/C=C/c1ccc2c(c1)OCO2. The first kappa shape index (κ1) is 15.1. The molecule has 0 radical (unpaired) electrons. The van der Waals surface area contributed by atoms with Crippen LogP contribution in [0.5, 0.6) is 11.5 Å². The molecule has 1 heterocycles. The highest BCUT2D eigenvalue weighted by Gasteiger charge is 2.12. The van der Waals surface area contributed by atoms with Crippen LogP contribution in [0, 0.1) is 5.82 Å². The number of hydrogen-bond donors (Lipinski definition) is 0. The Bertz CT molecular complexity index is 758. The van der Waals surface area contributed by atoms with Crippen LogP contribution in [0.3, 0.4) is 0 Å². The van der Waals surface area contributed by atoms with Gasteiger partial charge in [0.1, 0.15) is 5.82 Å². The van der Waals surface area contributed by atoms with Crippen molar-refractivity contribution in [2.24, 2.45) is 0 Å². The number of likely N-dealkylation sites (N-methyl/N-ethyl adjacent to an activating group) is 1. The fourth-order valence-corrected chi connectivity index (χ4v) is 2.30. The topological polar surface area (TPSA) is 38.8 Å². The molecule has 1 amide bonds. The van der Waals surface area contributed by atoms with Crippen molar-refractivity contribution >= 4 is 12.0 Å². The monoisotopic (exact) mass is 313 g/mol. The Balaban J connectivity index is 1.63. The van der Waals surface area contributed by atoms with Gasteiger partial charge < -0.3 is 14.4 Å². The highest BCUT2D eigenvalue weighted by atomic mass is 19.1. The summed E-state index contributed by atoms with van der Waals surface area (Å²) in [7, 11) is 1.68. The lowest BCUT2D eigenvalue weighted by molar-refractivity contribution is -0.125. The van der Waals surface area contributed by atoms with Gasteiger partial charge in [0, 0.05) is 19.7 Å². The third-order valence-electron chi connectivity index (χ3n) is 3.50. The van der Waals surface area contributed by atoms with E-state index in [1.807, 2.05) is 18.2 Å². The molecule has 4 nitrogen and oxygen atoms in total. The third kappa shape index (κ3) is 3.69. The molecule has 3 rings (SSSR count). The van der Waals surface area contributed by atoms with Crippen LogP contribution in [0.2, 0.25) is 0 Å². The lowest BCUT2D eigenvalue weighted by atomic mass is 10.2. The normalized spacial score (nSPS) is 12.6. The Morgan fingerprint density at radius 2 is 2.04 bits per heavy atom. The molecule has 0 aliphatic carbocycles. The van der Waals surface area contributed by atoms with Crippen molar-refractivity contribution in [3.63, 3.8) is 0 Å². The van der Waals surface area contributed by atoms with Gasteiger partial charge in [0.15, 0.2) is 11.5 Å². The molecule has 0 aromatic heterocycles. The molecule has 0 fully saturated rings. The largest absolute Gasteiger partial charge is 0.454 e. The molecule has 0 saturated heterocycles. The van der Waals surface area contributed by atoms with Crippen LogP contribution in [-0.2, 0) is 11.3 Å². The predicted octanol–water partition coefficient (Wildman–Crippen LogP) is 3.23. The van der Waals surface area contributed by atoms with Crippen molar-refractivity contribution < 1.29 is 18.7 Å². The van der Waals surface area contributed by atoms with Gasteiger partial charge in [0.05, 0.1) is 0 Å². The second-order valence-corrected chi connectivity index (χ2v) is 5.27. The van der Waals surface area contributed by atoms with Gasteiger partial charge in [0.2, 0.25) is 12.7 Å². The summed E-state index contributed by atoms with van der Waals surface area (Å²) in [5, 5.41) is 0. The van der Waals surface area contributed by atoms with E-state index >= 15 is 0 Å². The molecule has 0 bridgehead atoms. The number of carbonyl (C=O) groups excluding carboxylic acids is 1.